The van der Waals surface area contributed by atoms with Gasteiger partial charge in [0.1, 0.15) is 5.69 Å². The highest BCUT2D eigenvalue weighted by Crippen LogP contribution is 2.38. The third-order valence-corrected chi connectivity index (χ3v) is 3.96. The number of benzene rings is 2. The fourth-order valence-electron chi connectivity index (χ4n) is 2.86. The van der Waals surface area contributed by atoms with Crippen molar-refractivity contribution in [2.45, 2.75) is 0 Å². The van der Waals surface area contributed by atoms with Crippen molar-refractivity contribution >= 4 is 17.1 Å². The SMILES string of the molecule is c1ccc(N(c2ccccc2)c2cccnc2-c2ccccn2)cc1. The van der Waals surface area contributed by atoms with Crippen LogP contribution in [0.15, 0.2) is 103 Å². The van der Waals surface area contributed by atoms with Crippen LogP contribution in [0.25, 0.3) is 11.4 Å². The summed E-state index contributed by atoms with van der Waals surface area (Å²) in [7, 11) is 0. The van der Waals surface area contributed by atoms with Gasteiger partial charge in [-0.15, -0.1) is 0 Å². The van der Waals surface area contributed by atoms with Crippen molar-refractivity contribution in [3.8, 4) is 11.4 Å². The van der Waals surface area contributed by atoms with Gasteiger partial charge in [-0.05, 0) is 48.5 Å². The number of para-hydroxylation sites is 2. The summed E-state index contributed by atoms with van der Waals surface area (Å²) in [5.41, 5.74) is 4.88. The normalized spacial score (nSPS) is 10.4. The molecule has 0 radical (unpaired) electrons. The molecule has 0 N–H and O–H groups in total. The Kier molecular flexibility index (Phi) is 4.21. The van der Waals surface area contributed by atoms with Crippen LogP contribution in [-0.4, -0.2) is 9.97 Å². The number of pyridine rings is 2. The van der Waals surface area contributed by atoms with E-state index in [1.807, 2.05) is 66.9 Å². The summed E-state index contributed by atoms with van der Waals surface area (Å²) in [5.74, 6) is 0. The summed E-state index contributed by atoms with van der Waals surface area (Å²) in [4.78, 5) is 11.3. The molecule has 0 unspecified atom stereocenters. The van der Waals surface area contributed by atoms with E-state index in [0.29, 0.717) is 0 Å². The van der Waals surface area contributed by atoms with E-state index in [2.05, 4.69) is 45.2 Å². The first kappa shape index (κ1) is 15.1. The molecule has 120 valence electrons. The molecule has 0 fully saturated rings. The summed E-state index contributed by atoms with van der Waals surface area (Å²) in [6, 6.07) is 30.5. The monoisotopic (exact) mass is 323 g/mol. The number of hydrogen-bond acceptors (Lipinski definition) is 3. The van der Waals surface area contributed by atoms with E-state index in [1.165, 1.54) is 0 Å². The fraction of sp³-hybridized carbons (Fsp3) is 0. The maximum absolute atomic E-state index is 4.62. The Morgan fingerprint density at radius 2 is 1.12 bits per heavy atom. The highest BCUT2D eigenvalue weighted by molar-refractivity contribution is 5.84. The van der Waals surface area contributed by atoms with Gasteiger partial charge < -0.3 is 4.90 Å². The van der Waals surface area contributed by atoms with E-state index in [-0.39, 0.29) is 0 Å². The molecule has 0 amide bonds. The van der Waals surface area contributed by atoms with E-state index in [1.54, 1.807) is 6.20 Å². The van der Waals surface area contributed by atoms with Crippen molar-refractivity contribution in [1.29, 1.82) is 0 Å². The van der Waals surface area contributed by atoms with Gasteiger partial charge in [-0.3, -0.25) is 9.97 Å². The lowest BCUT2D eigenvalue weighted by molar-refractivity contribution is 1.20. The number of nitrogens with zero attached hydrogens (tertiary/aromatic N) is 3. The third kappa shape index (κ3) is 3.12. The van der Waals surface area contributed by atoms with Gasteiger partial charge in [-0.2, -0.15) is 0 Å². The van der Waals surface area contributed by atoms with Gasteiger partial charge in [0.2, 0.25) is 0 Å². The first-order chi connectivity index (χ1) is 12.4. The molecule has 2 heterocycles. The molecule has 0 atom stereocenters. The Balaban J connectivity index is 1.93. The molecular formula is C22H17N3. The Bertz CT molecular complexity index is 899. The highest BCUT2D eigenvalue weighted by Gasteiger charge is 2.17. The smallest absolute Gasteiger partial charge is 0.113 e. The van der Waals surface area contributed by atoms with Crippen molar-refractivity contribution < 1.29 is 0 Å². The molecule has 2 aromatic heterocycles. The lowest BCUT2D eigenvalue weighted by Gasteiger charge is -2.26. The predicted octanol–water partition coefficient (Wildman–Crippen LogP) is 5.61. The second-order valence-corrected chi connectivity index (χ2v) is 5.59. The molecule has 3 heteroatoms. The molecule has 3 nitrogen and oxygen atoms in total. The van der Waals surface area contributed by atoms with Crippen molar-refractivity contribution in [3.63, 3.8) is 0 Å². The molecule has 0 saturated heterocycles. The van der Waals surface area contributed by atoms with E-state index < -0.39 is 0 Å². The second kappa shape index (κ2) is 6.97. The maximum atomic E-state index is 4.62. The Hall–Kier alpha value is -3.46. The summed E-state index contributed by atoms with van der Waals surface area (Å²) in [5, 5.41) is 0. The quantitative estimate of drug-likeness (QED) is 0.488. The minimum atomic E-state index is 0.856. The number of aromatic nitrogens is 2. The number of anilines is 3. The zero-order valence-electron chi connectivity index (χ0n) is 13.7. The van der Waals surface area contributed by atoms with Crippen molar-refractivity contribution in [3.05, 3.63) is 103 Å². The minimum Gasteiger partial charge on any atom is -0.308 e. The van der Waals surface area contributed by atoms with E-state index >= 15 is 0 Å². The summed E-state index contributed by atoms with van der Waals surface area (Å²) >= 11 is 0. The minimum absolute atomic E-state index is 0.856. The summed E-state index contributed by atoms with van der Waals surface area (Å²) in [6.45, 7) is 0. The molecular weight excluding hydrogens is 306 g/mol. The summed E-state index contributed by atoms with van der Waals surface area (Å²) < 4.78 is 0. The molecule has 0 aliphatic heterocycles. The van der Waals surface area contributed by atoms with Crippen molar-refractivity contribution in [2.75, 3.05) is 4.90 Å². The molecule has 0 aliphatic rings. The molecule has 4 rings (SSSR count). The number of rotatable bonds is 4. The zero-order chi connectivity index (χ0) is 16.9. The molecule has 4 aromatic rings. The van der Waals surface area contributed by atoms with Gasteiger partial charge in [-0.25, -0.2) is 0 Å². The molecule has 0 aliphatic carbocycles. The molecule has 0 spiro atoms. The van der Waals surface area contributed by atoms with E-state index in [0.717, 1.165) is 28.5 Å². The molecule has 0 bridgehead atoms. The van der Waals surface area contributed by atoms with E-state index in [4.69, 9.17) is 0 Å². The Labute approximate surface area is 147 Å². The van der Waals surface area contributed by atoms with Crippen LogP contribution in [0.4, 0.5) is 17.1 Å². The van der Waals surface area contributed by atoms with Gasteiger partial charge >= 0.3 is 0 Å². The van der Waals surface area contributed by atoms with Crippen LogP contribution in [0.1, 0.15) is 0 Å². The molecule has 2 aromatic carbocycles. The van der Waals surface area contributed by atoms with Crippen LogP contribution in [0, 0.1) is 0 Å². The van der Waals surface area contributed by atoms with E-state index in [9.17, 15) is 0 Å². The first-order valence-electron chi connectivity index (χ1n) is 8.20. The molecule has 0 saturated carbocycles. The Morgan fingerprint density at radius 3 is 1.72 bits per heavy atom. The first-order valence-corrected chi connectivity index (χ1v) is 8.20. The largest absolute Gasteiger partial charge is 0.308 e. The van der Waals surface area contributed by atoms with Crippen LogP contribution in [0.5, 0.6) is 0 Å². The van der Waals surface area contributed by atoms with Gasteiger partial charge in [0, 0.05) is 23.8 Å². The topological polar surface area (TPSA) is 29.0 Å². The zero-order valence-corrected chi connectivity index (χ0v) is 13.7. The standard InChI is InChI=1S/C22H17N3/c1-3-10-18(11-4-1)25(19-12-5-2-6-13-19)21-15-9-17-24-22(21)20-14-7-8-16-23-20/h1-17H. The van der Waals surface area contributed by atoms with Crippen LogP contribution >= 0.6 is 0 Å². The molecule has 25 heavy (non-hydrogen) atoms. The lowest BCUT2D eigenvalue weighted by Crippen LogP contribution is -2.11. The third-order valence-electron chi connectivity index (χ3n) is 3.96. The average Bonchev–Trinajstić information content (AvgIpc) is 2.71. The Morgan fingerprint density at radius 1 is 0.520 bits per heavy atom. The van der Waals surface area contributed by atoms with Gasteiger partial charge in [0.15, 0.2) is 0 Å². The van der Waals surface area contributed by atoms with Crippen LogP contribution in [0.2, 0.25) is 0 Å². The van der Waals surface area contributed by atoms with Gasteiger partial charge in [0.25, 0.3) is 0 Å². The van der Waals surface area contributed by atoms with Gasteiger partial charge in [-0.1, -0.05) is 42.5 Å². The fourth-order valence-corrected chi connectivity index (χ4v) is 2.86. The van der Waals surface area contributed by atoms with Crippen LogP contribution < -0.4 is 4.90 Å². The second-order valence-electron chi connectivity index (χ2n) is 5.59. The maximum Gasteiger partial charge on any atom is 0.113 e. The number of hydrogen-bond donors (Lipinski definition) is 0. The van der Waals surface area contributed by atoms with Crippen LogP contribution in [0.3, 0.4) is 0 Å². The van der Waals surface area contributed by atoms with Crippen molar-refractivity contribution in [1.82, 2.24) is 9.97 Å². The van der Waals surface area contributed by atoms with Gasteiger partial charge in [0.05, 0.1) is 11.4 Å². The summed E-state index contributed by atoms with van der Waals surface area (Å²) in [6.07, 6.45) is 3.60. The highest BCUT2D eigenvalue weighted by atomic mass is 15.2. The van der Waals surface area contributed by atoms with Crippen LogP contribution in [-0.2, 0) is 0 Å². The lowest BCUT2D eigenvalue weighted by atomic mass is 10.1. The van der Waals surface area contributed by atoms with Crippen molar-refractivity contribution in [2.24, 2.45) is 0 Å². The predicted molar refractivity (Wildman–Crippen MR) is 102 cm³/mol. The average molecular weight is 323 g/mol.